The summed E-state index contributed by atoms with van der Waals surface area (Å²) in [6.45, 7) is 2.31. The molecule has 0 bridgehead atoms. The number of nitrogen functional groups attached to an aromatic ring is 1. The second kappa shape index (κ2) is 4.69. The number of anilines is 2. The molecule has 0 fully saturated rings. The van der Waals surface area contributed by atoms with Crippen LogP contribution in [-0.2, 0) is 6.54 Å². The third-order valence-corrected chi connectivity index (χ3v) is 2.95. The molecule has 0 aliphatic rings. The highest BCUT2D eigenvalue weighted by molar-refractivity contribution is 5.88. The van der Waals surface area contributed by atoms with Gasteiger partial charge in [-0.2, -0.15) is 0 Å². The lowest BCUT2D eigenvalue weighted by atomic mass is 10.2. The summed E-state index contributed by atoms with van der Waals surface area (Å²) in [5.74, 6) is 0.751. The van der Waals surface area contributed by atoms with Crippen molar-refractivity contribution < 1.29 is 4.52 Å². The summed E-state index contributed by atoms with van der Waals surface area (Å²) in [6, 6.07) is 5.19. The van der Waals surface area contributed by atoms with Crippen molar-refractivity contribution in [2.45, 2.75) is 13.5 Å². The zero-order valence-electron chi connectivity index (χ0n) is 10.8. The fourth-order valence-electron chi connectivity index (χ4n) is 1.97. The summed E-state index contributed by atoms with van der Waals surface area (Å²) in [4.78, 5) is 18.3. The highest BCUT2D eigenvalue weighted by Gasteiger charge is 2.07. The maximum absolute atomic E-state index is 11.6. The average Bonchev–Trinajstić information content (AvgIpc) is 2.83. The second-order valence-corrected chi connectivity index (χ2v) is 4.47. The normalized spacial score (nSPS) is 10.8. The first-order valence-corrected chi connectivity index (χ1v) is 6.06. The number of hydrogen-bond acceptors (Lipinski definition) is 6. The van der Waals surface area contributed by atoms with E-state index in [0.29, 0.717) is 28.8 Å². The number of hydrogen-bond donors (Lipinski definition) is 3. The van der Waals surface area contributed by atoms with Gasteiger partial charge in [0.2, 0.25) is 0 Å². The van der Waals surface area contributed by atoms with E-state index >= 15 is 0 Å². The number of H-pyrrole nitrogens is 1. The van der Waals surface area contributed by atoms with Crippen molar-refractivity contribution >= 4 is 22.3 Å². The fraction of sp³-hybridized carbons (Fsp3) is 0.154. The van der Waals surface area contributed by atoms with Crippen LogP contribution in [0.15, 0.2) is 33.8 Å². The molecule has 3 rings (SSSR count). The molecule has 0 radical (unpaired) electrons. The first-order valence-electron chi connectivity index (χ1n) is 6.06. The highest BCUT2D eigenvalue weighted by Crippen LogP contribution is 2.23. The number of fused-ring (bicyclic) bond motifs is 1. The molecule has 0 spiro atoms. The molecule has 102 valence electrons. The van der Waals surface area contributed by atoms with Crippen LogP contribution in [0.2, 0.25) is 0 Å². The standard InChI is InChI=1S/C13H13N5O2/c1-7-2-8(18-20-7)5-15-12-4-11-9(3-10(12)14)13(19)17-6-16-11/h2-4,6,15H,5,14H2,1H3,(H,16,17,19). The Morgan fingerprint density at radius 1 is 1.40 bits per heavy atom. The lowest BCUT2D eigenvalue weighted by molar-refractivity contribution is 0.391. The van der Waals surface area contributed by atoms with Crippen LogP contribution in [0.3, 0.4) is 0 Å². The number of nitrogens with one attached hydrogen (secondary N) is 2. The molecule has 0 saturated heterocycles. The number of aromatic nitrogens is 3. The minimum Gasteiger partial charge on any atom is -0.397 e. The van der Waals surface area contributed by atoms with Crippen molar-refractivity contribution in [1.29, 1.82) is 0 Å². The summed E-state index contributed by atoms with van der Waals surface area (Å²) < 4.78 is 4.99. The maximum atomic E-state index is 11.6. The zero-order valence-corrected chi connectivity index (χ0v) is 10.8. The van der Waals surface area contributed by atoms with Gasteiger partial charge in [0.25, 0.3) is 5.56 Å². The molecule has 0 unspecified atom stereocenters. The Hall–Kier alpha value is -2.83. The van der Waals surface area contributed by atoms with Gasteiger partial charge in [-0.25, -0.2) is 4.98 Å². The van der Waals surface area contributed by atoms with Crippen molar-refractivity contribution in [2.75, 3.05) is 11.1 Å². The van der Waals surface area contributed by atoms with E-state index in [2.05, 4.69) is 20.4 Å². The van der Waals surface area contributed by atoms with E-state index in [-0.39, 0.29) is 5.56 Å². The predicted octanol–water partition coefficient (Wildman–Crippen LogP) is 1.41. The maximum Gasteiger partial charge on any atom is 0.258 e. The Kier molecular flexibility index (Phi) is 2.86. The van der Waals surface area contributed by atoms with Crippen LogP contribution >= 0.6 is 0 Å². The summed E-state index contributed by atoms with van der Waals surface area (Å²) in [6.07, 6.45) is 1.37. The SMILES string of the molecule is Cc1cc(CNc2cc3nc[nH]c(=O)c3cc2N)no1. The summed E-state index contributed by atoms with van der Waals surface area (Å²) in [5.41, 5.74) is 8.28. The molecule has 7 nitrogen and oxygen atoms in total. The van der Waals surface area contributed by atoms with Crippen molar-refractivity contribution in [3.8, 4) is 0 Å². The van der Waals surface area contributed by atoms with Crippen LogP contribution in [0.5, 0.6) is 0 Å². The Balaban J connectivity index is 1.91. The van der Waals surface area contributed by atoms with E-state index in [4.69, 9.17) is 10.3 Å². The van der Waals surface area contributed by atoms with E-state index in [1.165, 1.54) is 6.33 Å². The van der Waals surface area contributed by atoms with Crippen molar-refractivity contribution in [3.63, 3.8) is 0 Å². The van der Waals surface area contributed by atoms with Gasteiger partial charge in [-0.3, -0.25) is 4.79 Å². The molecule has 0 atom stereocenters. The van der Waals surface area contributed by atoms with Crippen LogP contribution in [-0.4, -0.2) is 15.1 Å². The van der Waals surface area contributed by atoms with Crippen LogP contribution in [0.1, 0.15) is 11.5 Å². The summed E-state index contributed by atoms with van der Waals surface area (Å²) >= 11 is 0. The van der Waals surface area contributed by atoms with Gasteiger partial charge < -0.3 is 20.6 Å². The average molecular weight is 271 g/mol. The van der Waals surface area contributed by atoms with Crippen LogP contribution < -0.4 is 16.6 Å². The van der Waals surface area contributed by atoms with E-state index < -0.39 is 0 Å². The van der Waals surface area contributed by atoms with Gasteiger partial charge in [0, 0.05) is 6.07 Å². The molecule has 2 heterocycles. The van der Waals surface area contributed by atoms with Gasteiger partial charge in [0.05, 0.1) is 35.1 Å². The van der Waals surface area contributed by atoms with Gasteiger partial charge in [-0.1, -0.05) is 5.16 Å². The molecule has 3 aromatic rings. The minimum absolute atomic E-state index is 0.208. The van der Waals surface area contributed by atoms with E-state index in [1.807, 2.05) is 13.0 Å². The van der Waals surface area contributed by atoms with E-state index in [0.717, 1.165) is 11.5 Å². The van der Waals surface area contributed by atoms with E-state index in [9.17, 15) is 4.79 Å². The lowest BCUT2D eigenvalue weighted by Gasteiger charge is -2.08. The third kappa shape index (κ3) is 2.20. The molecule has 1 aromatic carbocycles. The molecule has 20 heavy (non-hydrogen) atoms. The van der Waals surface area contributed by atoms with Gasteiger partial charge >= 0.3 is 0 Å². The Morgan fingerprint density at radius 3 is 3.00 bits per heavy atom. The van der Waals surface area contributed by atoms with Crippen LogP contribution in [0, 0.1) is 6.92 Å². The molecule has 7 heteroatoms. The predicted molar refractivity (Wildman–Crippen MR) is 75.3 cm³/mol. The molecular weight excluding hydrogens is 258 g/mol. The van der Waals surface area contributed by atoms with Gasteiger partial charge in [0.15, 0.2) is 0 Å². The van der Waals surface area contributed by atoms with Crippen molar-refractivity contribution in [2.24, 2.45) is 0 Å². The number of aryl methyl sites for hydroxylation is 1. The number of nitrogens with two attached hydrogens (primary N) is 1. The number of nitrogens with zero attached hydrogens (tertiary/aromatic N) is 2. The molecule has 0 saturated carbocycles. The quantitative estimate of drug-likeness (QED) is 0.621. The molecule has 0 aliphatic carbocycles. The van der Waals surface area contributed by atoms with Gasteiger partial charge in [-0.15, -0.1) is 0 Å². The smallest absolute Gasteiger partial charge is 0.258 e. The molecule has 0 aliphatic heterocycles. The Labute approximate surface area is 113 Å². The van der Waals surface area contributed by atoms with Gasteiger partial charge in [-0.05, 0) is 19.1 Å². The molecular formula is C13H13N5O2. The fourth-order valence-corrected chi connectivity index (χ4v) is 1.97. The van der Waals surface area contributed by atoms with Crippen LogP contribution in [0.4, 0.5) is 11.4 Å². The zero-order chi connectivity index (χ0) is 14.1. The summed E-state index contributed by atoms with van der Waals surface area (Å²) in [7, 11) is 0. The first-order chi connectivity index (χ1) is 9.63. The first kappa shape index (κ1) is 12.2. The largest absolute Gasteiger partial charge is 0.397 e. The number of aromatic amines is 1. The Bertz CT molecular complexity index is 821. The lowest BCUT2D eigenvalue weighted by Crippen LogP contribution is -2.08. The van der Waals surface area contributed by atoms with Gasteiger partial charge in [0.1, 0.15) is 11.5 Å². The number of rotatable bonds is 3. The monoisotopic (exact) mass is 271 g/mol. The Morgan fingerprint density at radius 2 is 2.25 bits per heavy atom. The molecule has 2 aromatic heterocycles. The molecule has 0 amide bonds. The number of benzene rings is 1. The van der Waals surface area contributed by atoms with Crippen molar-refractivity contribution in [1.82, 2.24) is 15.1 Å². The third-order valence-electron chi connectivity index (χ3n) is 2.95. The van der Waals surface area contributed by atoms with E-state index in [1.54, 1.807) is 12.1 Å². The minimum atomic E-state index is -0.208. The highest BCUT2D eigenvalue weighted by atomic mass is 16.5. The second-order valence-electron chi connectivity index (χ2n) is 4.47. The topological polar surface area (TPSA) is 110 Å². The molecule has 4 N–H and O–H groups in total. The van der Waals surface area contributed by atoms with Crippen molar-refractivity contribution in [3.05, 3.63) is 46.3 Å². The van der Waals surface area contributed by atoms with Crippen LogP contribution in [0.25, 0.3) is 10.9 Å². The summed E-state index contributed by atoms with van der Waals surface area (Å²) in [5, 5.41) is 7.51.